The number of nitrogens with zero attached hydrogens (tertiary/aromatic N) is 4. The van der Waals surface area contributed by atoms with Gasteiger partial charge in [0.25, 0.3) is 0 Å². The number of para-hydroxylation sites is 1. The molecule has 1 aliphatic heterocycles. The third-order valence-corrected chi connectivity index (χ3v) is 4.62. The van der Waals surface area contributed by atoms with E-state index in [0.717, 1.165) is 37.3 Å². The number of benzene rings is 1. The summed E-state index contributed by atoms with van der Waals surface area (Å²) >= 11 is 0. The number of carbonyl (C=O) groups is 1. The molecule has 6 nitrogen and oxygen atoms in total. The summed E-state index contributed by atoms with van der Waals surface area (Å²) in [5, 5.41) is 8.24. The average Bonchev–Trinajstić information content (AvgIpc) is 3.09. The second-order valence-electron chi connectivity index (χ2n) is 6.61. The zero-order valence-electron chi connectivity index (χ0n) is 14.8. The number of rotatable bonds is 7. The molecule has 134 valence electrons. The first kappa shape index (κ1) is 17.5. The fourth-order valence-corrected chi connectivity index (χ4v) is 3.19. The minimum Gasteiger partial charge on any atom is -0.487 e. The molecule has 1 saturated heterocycles. The van der Waals surface area contributed by atoms with Crippen molar-refractivity contribution in [1.82, 2.24) is 19.9 Å². The Balaban J connectivity index is 1.40. The van der Waals surface area contributed by atoms with Gasteiger partial charge in [0.15, 0.2) is 0 Å². The van der Waals surface area contributed by atoms with Crippen LogP contribution in [0, 0.1) is 0 Å². The Hall–Kier alpha value is -2.37. The Morgan fingerprint density at radius 2 is 2.12 bits per heavy atom. The van der Waals surface area contributed by atoms with Gasteiger partial charge in [0.05, 0.1) is 6.20 Å². The van der Waals surface area contributed by atoms with Gasteiger partial charge in [-0.25, -0.2) is 0 Å². The van der Waals surface area contributed by atoms with Crippen molar-refractivity contribution in [2.24, 2.45) is 0 Å². The number of likely N-dealkylation sites (tertiary alicyclic amines) is 1. The lowest BCUT2D eigenvalue weighted by Crippen LogP contribution is -2.41. The van der Waals surface area contributed by atoms with Crippen LogP contribution >= 0.6 is 0 Å². The van der Waals surface area contributed by atoms with Gasteiger partial charge in [-0.3, -0.25) is 9.48 Å². The Morgan fingerprint density at radius 3 is 2.92 bits per heavy atom. The number of aryl methyl sites for hydroxylation is 1. The molecular formula is C19H26N4O2. The van der Waals surface area contributed by atoms with E-state index in [9.17, 15) is 4.79 Å². The quantitative estimate of drug-likeness (QED) is 0.776. The van der Waals surface area contributed by atoms with E-state index in [1.54, 1.807) is 4.68 Å². The fraction of sp³-hybridized carbons (Fsp3) is 0.526. The maximum Gasteiger partial charge on any atom is 0.222 e. The highest BCUT2D eigenvalue weighted by molar-refractivity contribution is 5.76. The van der Waals surface area contributed by atoms with Gasteiger partial charge < -0.3 is 9.64 Å². The first-order valence-corrected chi connectivity index (χ1v) is 9.09. The molecule has 0 spiro atoms. The summed E-state index contributed by atoms with van der Waals surface area (Å²) in [7, 11) is 0. The standard InChI is InChI=1S/C19H26N4O2/c1-16-8-5-6-13-23(16)19(24)11-7-12-22-14-17(20-21-22)15-25-18-9-3-2-4-10-18/h2-4,9-10,14,16H,5-8,11-13,15H2,1H3. The van der Waals surface area contributed by atoms with Crippen LogP contribution in [0.15, 0.2) is 36.5 Å². The summed E-state index contributed by atoms with van der Waals surface area (Å²) < 4.78 is 7.45. The van der Waals surface area contributed by atoms with Crippen LogP contribution in [0.2, 0.25) is 0 Å². The molecule has 6 heteroatoms. The van der Waals surface area contributed by atoms with Crippen molar-refractivity contribution < 1.29 is 9.53 Å². The zero-order valence-corrected chi connectivity index (χ0v) is 14.8. The predicted molar refractivity (Wildman–Crippen MR) is 95.1 cm³/mol. The van der Waals surface area contributed by atoms with Gasteiger partial charge in [-0.1, -0.05) is 23.4 Å². The van der Waals surface area contributed by atoms with Crippen molar-refractivity contribution in [3.63, 3.8) is 0 Å². The van der Waals surface area contributed by atoms with Gasteiger partial charge in [0, 0.05) is 25.6 Å². The Kier molecular flexibility index (Phi) is 6.04. The number of hydrogen-bond acceptors (Lipinski definition) is 4. The smallest absolute Gasteiger partial charge is 0.222 e. The molecule has 1 atom stereocenters. The lowest BCUT2D eigenvalue weighted by atomic mass is 10.0. The average molecular weight is 342 g/mol. The molecule has 0 N–H and O–H groups in total. The molecule has 25 heavy (non-hydrogen) atoms. The first-order chi connectivity index (χ1) is 12.2. The van der Waals surface area contributed by atoms with E-state index in [0.29, 0.717) is 25.6 Å². The van der Waals surface area contributed by atoms with E-state index in [-0.39, 0.29) is 5.91 Å². The Morgan fingerprint density at radius 1 is 1.28 bits per heavy atom. The highest BCUT2D eigenvalue weighted by Crippen LogP contribution is 2.17. The van der Waals surface area contributed by atoms with E-state index in [2.05, 4.69) is 17.2 Å². The van der Waals surface area contributed by atoms with E-state index in [1.807, 2.05) is 41.4 Å². The summed E-state index contributed by atoms with van der Waals surface area (Å²) in [6, 6.07) is 10.0. The maximum atomic E-state index is 12.3. The highest BCUT2D eigenvalue weighted by Gasteiger charge is 2.22. The molecule has 1 fully saturated rings. The minimum absolute atomic E-state index is 0.264. The van der Waals surface area contributed by atoms with Gasteiger partial charge in [-0.15, -0.1) is 5.10 Å². The van der Waals surface area contributed by atoms with E-state index >= 15 is 0 Å². The number of hydrogen-bond donors (Lipinski definition) is 0. The van der Waals surface area contributed by atoms with Crippen LogP contribution in [0.1, 0.15) is 44.7 Å². The van der Waals surface area contributed by atoms with Crippen molar-refractivity contribution in [2.45, 2.75) is 58.2 Å². The second-order valence-corrected chi connectivity index (χ2v) is 6.61. The molecule has 1 amide bonds. The van der Waals surface area contributed by atoms with Crippen molar-refractivity contribution >= 4 is 5.91 Å². The predicted octanol–water partition coefficient (Wildman–Crippen LogP) is 3.04. The van der Waals surface area contributed by atoms with Gasteiger partial charge in [0.2, 0.25) is 5.91 Å². The molecule has 0 radical (unpaired) electrons. The summed E-state index contributed by atoms with van der Waals surface area (Å²) in [4.78, 5) is 14.4. The largest absolute Gasteiger partial charge is 0.487 e. The van der Waals surface area contributed by atoms with Crippen LogP contribution < -0.4 is 4.74 Å². The molecule has 1 aromatic heterocycles. The van der Waals surface area contributed by atoms with Gasteiger partial charge in [0.1, 0.15) is 18.1 Å². The van der Waals surface area contributed by atoms with E-state index < -0.39 is 0 Å². The normalized spacial score (nSPS) is 17.5. The third-order valence-electron chi connectivity index (χ3n) is 4.62. The highest BCUT2D eigenvalue weighted by atomic mass is 16.5. The molecule has 0 bridgehead atoms. The summed E-state index contributed by atoms with van der Waals surface area (Å²) in [5.74, 6) is 1.08. The monoisotopic (exact) mass is 342 g/mol. The molecule has 1 aliphatic rings. The number of ether oxygens (including phenoxy) is 1. The van der Waals surface area contributed by atoms with E-state index in [4.69, 9.17) is 4.74 Å². The SMILES string of the molecule is CC1CCCCN1C(=O)CCCn1cc(COc2ccccc2)nn1. The van der Waals surface area contributed by atoms with Gasteiger partial charge >= 0.3 is 0 Å². The third kappa shape index (κ3) is 5.05. The van der Waals surface area contributed by atoms with Crippen molar-refractivity contribution in [3.05, 3.63) is 42.2 Å². The number of amides is 1. The molecular weight excluding hydrogens is 316 g/mol. The lowest BCUT2D eigenvalue weighted by molar-refractivity contribution is -0.134. The molecule has 1 aromatic carbocycles. The molecule has 2 heterocycles. The topological polar surface area (TPSA) is 60.2 Å². The summed E-state index contributed by atoms with van der Waals surface area (Å²) in [6.07, 6.45) is 6.72. The van der Waals surface area contributed by atoms with Crippen LogP contribution in [-0.2, 0) is 17.9 Å². The van der Waals surface area contributed by atoms with E-state index in [1.165, 1.54) is 6.42 Å². The van der Waals surface area contributed by atoms with Crippen LogP contribution in [-0.4, -0.2) is 38.4 Å². The number of carbonyl (C=O) groups excluding carboxylic acids is 1. The molecule has 0 saturated carbocycles. The Bertz CT molecular complexity index is 671. The first-order valence-electron chi connectivity index (χ1n) is 9.09. The number of piperidine rings is 1. The fourth-order valence-electron chi connectivity index (χ4n) is 3.19. The van der Waals surface area contributed by atoms with Crippen molar-refractivity contribution in [3.8, 4) is 5.75 Å². The zero-order chi connectivity index (χ0) is 17.5. The molecule has 3 rings (SSSR count). The van der Waals surface area contributed by atoms with Crippen molar-refractivity contribution in [2.75, 3.05) is 6.54 Å². The maximum absolute atomic E-state index is 12.3. The number of aromatic nitrogens is 3. The van der Waals surface area contributed by atoms with Crippen LogP contribution in [0.4, 0.5) is 0 Å². The summed E-state index contributed by atoms with van der Waals surface area (Å²) in [5.41, 5.74) is 0.792. The minimum atomic E-state index is 0.264. The second kappa shape index (κ2) is 8.65. The molecule has 1 unspecified atom stereocenters. The summed E-state index contributed by atoms with van der Waals surface area (Å²) in [6.45, 7) is 4.15. The van der Waals surface area contributed by atoms with Crippen LogP contribution in [0.25, 0.3) is 0 Å². The molecule has 0 aliphatic carbocycles. The van der Waals surface area contributed by atoms with Gasteiger partial charge in [-0.05, 0) is 44.7 Å². The molecule has 2 aromatic rings. The van der Waals surface area contributed by atoms with Crippen LogP contribution in [0.5, 0.6) is 5.75 Å². The van der Waals surface area contributed by atoms with Crippen LogP contribution in [0.3, 0.4) is 0 Å². The van der Waals surface area contributed by atoms with Crippen molar-refractivity contribution in [1.29, 1.82) is 0 Å². The Labute approximate surface area is 148 Å². The lowest BCUT2D eigenvalue weighted by Gasteiger charge is -2.33. The van der Waals surface area contributed by atoms with Gasteiger partial charge in [-0.2, -0.15) is 0 Å².